The molecule has 0 amide bonds. The summed E-state index contributed by atoms with van der Waals surface area (Å²) in [6.07, 6.45) is 1.12. The maximum atomic E-state index is 10.5. The van der Waals surface area contributed by atoms with E-state index in [4.69, 9.17) is 16.6 Å². The average Bonchev–Trinajstić information content (AvgIpc) is 2.26. The molecule has 0 heterocycles. The first kappa shape index (κ1) is 11.7. The Morgan fingerprint density at radius 3 is 2.67 bits per heavy atom. The SMILES string of the molecule is NCc1cccc(CC[C@H](N)C(=O)O)c1. The third-order valence-electron chi connectivity index (χ3n) is 2.29. The van der Waals surface area contributed by atoms with Crippen molar-refractivity contribution in [1.29, 1.82) is 0 Å². The van der Waals surface area contributed by atoms with Crippen LogP contribution in [0, 0.1) is 0 Å². The molecule has 0 aliphatic carbocycles. The zero-order valence-electron chi connectivity index (χ0n) is 8.52. The third-order valence-corrected chi connectivity index (χ3v) is 2.29. The van der Waals surface area contributed by atoms with Crippen LogP contribution in [0.4, 0.5) is 0 Å². The molecule has 15 heavy (non-hydrogen) atoms. The highest BCUT2D eigenvalue weighted by molar-refractivity contribution is 5.73. The van der Waals surface area contributed by atoms with Gasteiger partial charge < -0.3 is 16.6 Å². The molecule has 1 atom stereocenters. The second-order valence-corrected chi connectivity index (χ2v) is 3.51. The van der Waals surface area contributed by atoms with E-state index in [1.54, 1.807) is 0 Å². The van der Waals surface area contributed by atoms with Crippen LogP contribution in [-0.2, 0) is 17.8 Å². The van der Waals surface area contributed by atoms with Gasteiger partial charge in [-0.2, -0.15) is 0 Å². The number of hydrogen-bond donors (Lipinski definition) is 3. The van der Waals surface area contributed by atoms with Crippen molar-refractivity contribution in [3.8, 4) is 0 Å². The van der Waals surface area contributed by atoms with Crippen LogP contribution >= 0.6 is 0 Å². The summed E-state index contributed by atoms with van der Waals surface area (Å²) in [7, 11) is 0. The number of carbonyl (C=O) groups is 1. The van der Waals surface area contributed by atoms with E-state index in [2.05, 4.69) is 0 Å². The van der Waals surface area contributed by atoms with Crippen molar-refractivity contribution in [1.82, 2.24) is 0 Å². The van der Waals surface area contributed by atoms with Crippen LogP contribution in [0.25, 0.3) is 0 Å². The third kappa shape index (κ3) is 3.69. The highest BCUT2D eigenvalue weighted by Crippen LogP contribution is 2.08. The summed E-state index contributed by atoms with van der Waals surface area (Å²) in [5, 5.41) is 8.62. The number of hydrogen-bond acceptors (Lipinski definition) is 3. The molecule has 5 N–H and O–H groups in total. The summed E-state index contributed by atoms with van der Waals surface area (Å²) in [6, 6.07) is 7.01. The Labute approximate surface area is 88.9 Å². The van der Waals surface area contributed by atoms with E-state index >= 15 is 0 Å². The number of nitrogens with two attached hydrogens (primary N) is 2. The van der Waals surface area contributed by atoms with Gasteiger partial charge in [0.1, 0.15) is 6.04 Å². The molecule has 4 nitrogen and oxygen atoms in total. The molecule has 0 unspecified atom stereocenters. The first-order chi connectivity index (χ1) is 7.13. The quantitative estimate of drug-likeness (QED) is 0.657. The van der Waals surface area contributed by atoms with E-state index in [-0.39, 0.29) is 0 Å². The van der Waals surface area contributed by atoms with Gasteiger partial charge in [0.05, 0.1) is 0 Å². The predicted molar refractivity (Wildman–Crippen MR) is 58.3 cm³/mol. The predicted octanol–water partition coefficient (Wildman–Crippen LogP) is 0.490. The molecule has 0 bridgehead atoms. The van der Waals surface area contributed by atoms with Crippen LogP contribution in [0.2, 0.25) is 0 Å². The van der Waals surface area contributed by atoms with E-state index in [1.807, 2.05) is 24.3 Å². The first-order valence-corrected chi connectivity index (χ1v) is 4.89. The summed E-state index contributed by atoms with van der Waals surface area (Å²) in [6.45, 7) is 0.499. The molecular formula is C11H16N2O2. The van der Waals surface area contributed by atoms with E-state index in [0.717, 1.165) is 11.1 Å². The highest BCUT2D eigenvalue weighted by Gasteiger charge is 2.10. The van der Waals surface area contributed by atoms with Gasteiger partial charge in [-0.25, -0.2) is 0 Å². The van der Waals surface area contributed by atoms with Crippen molar-refractivity contribution >= 4 is 5.97 Å². The van der Waals surface area contributed by atoms with Crippen LogP contribution in [-0.4, -0.2) is 17.1 Å². The molecule has 1 rings (SSSR count). The van der Waals surface area contributed by atoms with Crippen molar-refractivity contribution in [2.75, 3.05) is 0 Å². The van der Waals surface area contributed by atoms with E-state index < -0.39 is 12.0 Å². The molecule has 4 heteroatoms. The number of benzene rings is 1. The lowest BCUT2D eigenvalue weighted by molar-refractivity contribution is -0.138. The van der Waals surface area contributed by atoms with Crippen molar-refractivity contribution in [2.45, 2.75) is 25.4 Å². The van der Waals surface area contributed by atoms with Crippen molar-refractivity contribution in [3.05, 3.63) is 35.4 Å². The van der Waals surface area contributed by atoms with Crippen molar-refractivity contribution in [3.63, 3.8) is 0 Å². The molecule has 0 fully saturated rings. The fourth-order valence-corrected chi connectivity index (χ4v) is 1.36. The lowest BCUT2D eigenvalue weighted by Crippen LogP contribution is -2.30. The largest absolute Gasteiger partial charge is 0.480 e. The van der Waals surface area contributed by atoms with Crippen LogP contribution in [0.1, 0.15) is 17.5 Å². The number of aryl methyl sites for hydroxylation is 1. The summed E-state index contributed by atoms with van der Waals surface area (Å²) in [5.74, 6) is -0.954. The Morgan fingerprint density at radius 1 is 1.40 bits per heavy atom. The van der Waals surface area contributed by atoms with Gasteiger partial charge in [0.15, 0.2) is 0 Å². The van der Waals surface area contributed by atoms with Gasteiger partial charge in [0.2, 0.25) is 0 Å². The van der Waals surface area contributed by atoms with Crippen LogP contribution in [0.3, 0.4) is 0 Å². The average molecular weight is 208 g/mol. The van der Waals surface area contributed by atoms with Gasteiger partial charge in [0.25, 0.3) is 0 Å². The second kappa shape index (κ2) is 5.48. The van der Waals surface area contributed by atoms with Gasteiger partial charge in [0, 0.05) is 6.54 Å². The van der Waals surface area contributed by atoms with Gasteiger partial charge in [-0.15, -0.1) is 0 Å². The highest BCUT2D eigenvalue weighted by atomic mass is 16.4. The maximum absolute atomic E-state index is 10.5. The monoisotopic (exact) mass is 208 g/mol. The second-order valence-electron chi connectivity index (χ2n) is 3.51. The Bertz CT molecular complexity index is 339. The van der Waals surface area contributed by atoms with Crippen LogP contribution in [0.5, 0.6) is 0 Å². The lowest BCUT2D eigenvalue weighted by Gasteiger charge is -2.07. The molecule has 0 saturated heterocycles. The molecule has 0 radical (unpaired) electrons. The van der Waals surface area contributed by atoms with Gasteiger partial charge >= 0.3 is 5.97 Å². The van der Waals surface area contributed by atoms with Crippen molar-refractivity contribution in [2.24, 2.45) is 11.5 Å². The van der Waals surface area contributed by atoms with Gasteiger partial charge in [-0.3, -0.25) is 4.79 Å². The minimum absolute atomic E-state index is 0.448. The molecule has 0 aliphatic heterocycles. The topological polar surface area (TPSA) is 89.3 Å². The smallest absolute Gasteiger partial charge is 0.320 e. The minimum atomic E-state index is -0.954. The number of carboxylic acid groups (broad SMARTS) is 1. The number of carboxylic acids is 1. The summed E-state index contributed by atoms with van der Waals surface area (Å²) >= 11 is 0. The maximum Gasteiger partial charge on any atom is 0.320 e. The fourth-order valence-electron chi connectivity index (χ4n) is 1.36. The molecule has 0 aliphatic rings. The number of rotatable bonds is 5. The normalized spacial score (nSPS) is 12.4. The Kier molecular flexibility index (Phi) is 4.27. The standard InChI is InChI=1S/C11H16N2O2/c12-7-9-3-1-2-8(6-9)4-5-10(13)11(14)15/h1-3,6,10H,4-5,7,12-13H2,(H,14,15)/t10-/m0/s1. The summed E-state index contributed by atoms with van der Waals surface area (Å²) in [4.78, 5) is 10.5. The first-order valence-electron chi connectivity index (χ1n) is 4.89. The Hall–Kier alpha value is -1.39. The Morgan fingerprint density at radius 2 is 2.07 bits per heavy atom. The van der Waals surface area contributed by atoms with Crippen LogP contribution in [0.15, 0.2) is 24.3 Å². The molecule has 0 saturated carbocycles. The van der Waals surface area contributed by atoms with Gasteiger partial charge in [-0.1, -0.05) is 24.3 Å². The van der Waals surface area contributed by atoms with Crippen molar-refractivity contribution < 1.29 is 9.90 Å². The fraction of sp³-hybridized carbons (Fsp3) is 0.364. The van der Waals surface area contributed by atoms with Gasteiger partial charge in [-0.05, 0) is 24.0 Å². The molecule has 0 spiro atoms. The summed E-state index contributed by atoms with van der Waals surface area (Å²) < 4.78 is 0. The molecule has 82 valence electrons. The molecule has 1 aromatic carbocycles. The minimum Gasteiger partial charge on any atom is -0.480 e. The number of aliphatic carboxylic acids is 1. The molecule has 0 aromatic heterocycles. The Balaban J connectivity index is 2.53. The zero-order chi connectivity index (χ0) is 11.3. The lowest BCUT2D eigenvalue weighted by atomic mass is 10.0. The molecule has 1 aromatic rings. The van der Waals surface area contributed by atoms with E-state index in [1.165, 1.54) is 0 Å². The van der Waals surface area contributed by atoms with Crippen LogP contribution < -0.4 is 11.5 Å². The molecular weight excluding hydrogens is 192 g/mol. The van der Waals surface area contributed by atoms with E-state index in [0.29, 0.717) is 19.4 Å². The summed E-state index contributed by atoms with van der Waals surface area (Å²) in [5.41, 5.74) is 13.0. The van der Waals surface area contributed by atoms with E-state index in [9.17, 15) is 4.79 Å². The zero-order valence-corrected chi connectivity index (χ0v) is 8.52.